The molecule has 2 aromatic rings. The highest BCUT2D eigenvalue weighted by molar-refractivity contribution is 7.92. The fraction of sp³-hybridized carbons (Fsp3) is 0.143. The maximum Gasteiger partial charge on any atom is 0.262 e. The zero-order chi connectivity index (χ0) is 14.9. The molecule has 0 fully saturated rings. The summed E-state index contributed by atoms with van der Waals surface area (Å²) >= 11 is 5.95. The summed E-state index contributed by atoms with van der Waals surface area (Å²) in [5, 5.41) is 0.507. The average Bonchev–Trinajstić information content (AvgIpc) is 2.33. The van der Waals surface area contributed by atoms with E-state index in [0.29, 0.717) is 16.1 Å². The van der Waals surface area contributed by atoms with Gasteiger partial charge in [-0.3, -0.25) is 4.72 Å². The molecule has 0 aliphatic rings. The van der Waals surface area contributed by atoms with Gasteiger partial charge >= 0.3 is 0 Å². The van der Waals surface area contributed by atoms with E-state index in [1.165, 1.54) is 24.3 Å². The number of halogens is 2. The van der Waals surface area contributed by atoms with Crippen molar-refractivity contribution in [3.63, 3.8) is 0 Å². The summed E-state index contributed by atoms with van der Waals surface area (Å²) in [4.78, 5) is 0.128. The molecule has 20 heavy (non-hydrogen) atoms. The highest BCUT2D eigenvalue weighted by atomic mass is 35.5. The first-order valence-corrected chi connectivity index (χ1v) is 7.71. The lowest BCUT2D eigenvalue weighted by molar-refractivity contribution is 0.600. The van der Waals surface area contributed by atoms with E-state index in [4.69, 9.17) is 11.6 Å². The van der Waals surface area contributed by atoms with E-state index in [-0.39, 0.29) is 10.6 Å². The second kappa shape index (κ2) is 5.42. The van der Waals surface area contributed by atoms with Gasteiger partial charge in [-0.25, -0.2) is 12.8 Å². The van der Waals surface area contributed by atoms with Crippen molar-refractivity contribution in [1.82, 2.24) is 0 Å². The van der Waals surface area contributed by atoms with Crippen LogP contribution in [0.5, 0.6) is 0 Å². The molecule has 0 aliphatic heterocycles. The Bertz CT molecular complexity index is 760. The van der Waals surface area contributed by atoms with E-state index in [1.54, 1.807) is 19.9 Å². The molecule has 0 radical (unpaired) electrons. The van der Waals surface area contributed by atoms with Gasteiger partial charge in [0.2, 0.25) is 0 Å². The largest absolute Gasteiger partial charge is 0.280 e. The highest BCUT2D eigenvalue weighted by Crippen LogP contribution is 2.25. The first-order valence-electron chi connectivity index (χ1n) is 5.85. The van der Waals surface area contributed by atoms with E-state index < -0.39 is 15.8 Å². The first-order chi connectivity index (χ1) is 9.29. The molecule has 0 atom stereocenters. The van der Waals surface area contributed by atoms with Crippen molar-refractivity contribution in [3.8, 4) is 0 Å². The maximum absolute atomic E-state index is 13.1. The molecule has 0 bridgehead atoms. The third kappa shape index (κ3) is 3.11. The van der Waals surface area contributed by atoms with E-state index in [1.807, 2.05) is 0 Å². The van der Waals surface area contributed by atoms with Crippen molar-refractivity contribution in [2.24, 2.45) is 0 Å². The SMILES string of the molecule is Cc1cc(S(=O)(=O)Nc2cccc(F)c2)c(C)cc1Cl. The van der Waals surface area contributed by atoms with Crippen molar-refractivity contribution < 1.29 is 12.8 Å². The average molecular weight is 314 g/mol. The second-order valence-corrected chi connectivity index (χ2v) is 6.54. The van der Waals surface area contributed by atoms with Gasteiger partial charge in [-0.05, 0) is 55.3 Å². The molecular weight excluding hydrogens is 301 g/mol. The number of sulfonamides is 1. The molecule has 2 aromatic carbocycles. The van der Waals surface area contributed by atoms with Gasteiger partial charge in [-0.1, -0.05) is 17.7 Å². The molecule has 0 amide bonds. The maximum atomic E-state index is 13.1. The number of aryl methyl sites for hydroxylation is 2. The summed E-state index contributed by atoms with van der Waals surface area (Å²) in [5.74, 6) is -0.505. The number of anilines is 1. The minimum atomic E-state index is -3.78. The summed E-state index contributed by atoms with van der Waals surface area (Å²) in [6.07, 6.45) is 0. The van der Waals surface area contributed by atoms with Crippen molar-refractivity contribution in [2.45, 2.75) is 18.7 Å². The van der Waals surface area contributed by atoms with Gasteiger partial charge in [0.15, 0.2) is 0 Å². The molecule has 6 heteroatoms. The zero-order valence-corrected chi connectivity index (χ0v) is 12.5. The molecule has 0 spiro atoms. The summed E-state index contributed by atoms with van der Waals surface area (Å²) in [6, 6.07) is 8.38. The monoisotopic (exact) mass is 313 g/mol. The Labute approximate surface area is 122 Å². The Morgan fingerprint density at radius 3 is 2.45 bits per heavy atom. The minimum absolute atomic E-state index is 0.128. The first kappa shape index (κ1) is 14.8. The Kier molecular flexibility index (Phi) is 4.01. The van der Waals surface area contributed by atoms with Gasteiger partial charge in [-0.15, -0.1) is 0 Å². The molecule has 3 nitrogen and oxygen atoms in total. The van der Waals surface area contributed by atoms with Crippen LogP contribution < -0.4 is 4.72 Å². The van der Waals surface area contributed by atoms with Gasteiger partial charge in [0.1, 0.15) is 5.82 Å². The zero-order valence-electron chi connectivity index (χ0n) is 10.9. The minimum Gasteiger partial charge on any atom is -0.280 e. The van der Waals surface area contributed by atoms with Crippen LogP contribution in [0, 0.1) is 19.7 Å². The molecule has 0 aliphatic carbocycles. The predicted octanol–water partition coefficient (Wildman–Crippen LogP) is 3.90. The van der Waals surface area contributed by atoms with Crippen LogP contribution in [0.15, 0.2) is 41.3 Å². The normalized spacial score (nSPS) is 11.4. The third-order valence-electron chi connectivity index (χ3n) is 2.82. The van der Waals surface area contributed by atoms with Crippen molar-refractivity contribution >= 4 is 27.3 Å². The van der Waals surface area contributed by atoms with Crippen LogP contribution in [-0.4, -0.2) is 8.42 Å². The van der Waals surface area contributed by atoms with Crippen LogP contribution in [0.3, 0.4) is 0 Å². The van der Waals surface area contributed by atoms with E-state index in [0.717, 1.165) is 6.07 Å². The van der Waals surface area contributed by atoms with Crippen LogP contribution in [0.1, 0.15) is 11.1 Å². The Morgan fingerprint density at radius 1 is 1.10 bits per heavy atom. The fourth-order valence-electron chi connectivity index (χ4n) is 1.81. The van der Waals surface area contributed by atoms with Crippen LogP contribution in [0.4, 0.5) is 10.1 Å². The Hall–Kier alpha value is -1.59. The van der Waals surface area contributed by atoms with Crippen LogP contribution in [-0.2, 0) is 10.0 Å². The smallest absolute Gasteiger partial charge is 0.262 e. The Balaban J connectivity index is 2.43. The van der Waals surface area contributed by atoms with Gasteiger partial charge in [0.05, 0.1) is 10.6 Å². The van der Waals surface area contributed by atoms with Crippen molar-refractivity contribution in [1.29, 1.82) is 0 Å². The lowest BCUT2D eigenvalue weighted by Crippen LogP contribution is -2.14. The Morgan fingerprint density at radius 2 is 1.80 bits per heavy atom. The number of benzene rings is 2. The molecule has 0 heterocycles. The molecule has 0 saturated carbocycles. The van der Waals surface area contributed by atoms with Crippen LogP contribution >= 0.6 is 11.6 Å². The number of hydrogen-bond acceptors (Lipinski definition) is 2. The second-order valence-electron chi connectivity index (χ2n) is 4.48. The predicted molar refractivity (Wildman–Crippen MR) is 78.1 cm³/mol. The summed E-state index contributed by atoms with van der Waals surface area (Å²) in [5.41, 5.74) is 1.37. The number of hydrogen-bond donors (Lipinski definition) is 1. The third-order valence-corrected chi connectivity index (χ3v) is 4.75. The topological polar surface area (TPSA) is 46.2 Å². The number of nitrogens with one attached hydrogen (secondary N) is 1. The van der Waals surface area contributed by atoms with Gasteiger partial charge < -0.3 is 0 Å². The fourth-order valence-corrected chi connectivity index (χ4v) is 3.39. The lowest BCUT2D eigenvalue weighted by Gasteiger charge is -2.12. The molecular formula is C14H13ClFNO2S. The van der Waals surface area contributed by atoms with Crippen molar-refractivity contribution in [3.05, 3.63) is 58.4 Å². The molecule has 106 valence electrons. The van der Waals surface area contributed by atoms with Crippen LogP contribution in [0.25, 0.3) is 0 Å². The molecule has 2 rings (SSSR count). The van der Waals surface area contributed by atoms with Gasteiger partial charge in [0.25, 0.3) is 10.0 Å². The molecule has 0 saturated heterocycles. The van der Waals surface area contributed by atoms with Gasteiger partial charge in [0, 0.05) is 5.02 Å². The molecule has 1 N–H and O–H groups in total. The van der Waals surface area contributed by atoms with E-state index >= 15 is 0 Å². The van der Waals surface area contributed by atoms with E-state index in [2.05, 4.69) is 4.72 Å². The van der Waals surface area contributed by atoms with Gasteiger partial charge in [-0.2, -0.15) is 0 Å². The molecule has 0 aromatic heterocycles. The lowest BCUT2D eigenvalue weighted by atomic mass is 10.2. The number of rotatable bonds is 3. The highest BCUT2D eigenvalue weighted by Gasteiger charge is 2.18. The molecule has 0 unspecified atom stereocenters. The van der Waals surface area contributed by atoms with Crippen molar-refractivity contribution in [2.75, 3.05) is 4.72 Å². The summed E-state index contributed by atoms with van der Waals surface area (Å²) < 4.78 is 40.1. The van der Waals surface area contributed by atoms with E-state index in [9.17, 15) is 12.8 Å². The summed E-state index contributed by atoms with van der Waals surface area (Å²) in [6.45, 7) is 3.38. The summed E-state index contributed by atoms with van der Waals surface area (Å²) in [7, 11) is -3.78. The van der Waals surface area contributed by atoms with Crippen LogP contribution in [0.2, 0.25) is 5.02 Å². The standard InChI is InChI=1S/C14H13ClFNO2S/c1-9-7-14(10(2)6-13(9)15)20(18,19)17-12-5-3-4-11(16)8-12/h3-8,17H,1-2H3. The quantitative estimate of drug-likeness (QED) is 0.934.